The van der Waals surface area contributed by atoms with E-state index in [0.717, 1.165) is 5.56 Å². The van der Waals surface area contributed by atoms with Gasteiger partial charge in [0.15, 0.2) is 11.5 Å². The van der Waals surface area contributed by atoms with E-state index in [1.165, 1.54) is 0 Å². The second-order valence-electron chi connectivity index (χ2n) is 6.32. The predicted octanol–water partition coefficient (Wildman–Crippen LogP) is 3.79. The molecule has 1 amide bonds. The minimum absolute atomic E-state index is 0.0182. The van der Waals surface area contributed by atoms with E-state index in [9.17, 15) is 4.79 Å². The zero-order valence-electron chi connectivity index (χ0n) is 15.4. The summed E-state index contributed by atoms with van der Waals surface area (Å²) in [6.45, 7) is 7.72. The van der Waals surface area contributed by atoms with Crippen molar-refractivity contribution < 1.29 is 14.3 Å². The molecular weight excluding hydrogens is 316 g/mol. The van der Waals surface area contributed by atoms with Crippen LogP contribution in [-0.4, -0.2) is 36.0 Å². The molecular formula is C20H26N2O3. The van der Waals surface area contributed by atoms with Crippen LogP contribution in [0.2, 0.25) is 0 Å². The number of carbonyl (C=O) groups is 1. The first-order valence-corrected chi connectivity index (χ1v) is 8.55. The zero-order chi connectivity index (χ0) is 18.2. The number of amides is 1. The van der Waals surface area contributed by atoms with Gasteiger partial charge in [-0.1, -0.05) is 13.8 Å². The fraction of sp³-hybridized carbons (Fsp3) is 0.400. The number of hydrogen-bond acceptors (Lipinski definition) is 4. The van der Waals surface area contributed by atoms with E-state index < -0.39 is 0 Å². The van der Waals surface area contributed by atoms with E-state index in [-0.39, 0.29) is 5.91 Å². The van der Waals surface area contributed by atoms with Crippen LogP contribution in [0.25, 0.3) is 0 Å². The molecule has 0 radical (unpaired) electrons. The first-order valence-electron chi connectivity index (χ1n) is 8.55. The van der Waals surface area contributed by atoms with E-state index in [1.54, 1.807) is 35.5 Å². The summed E-state index contributed by atoms with van der Waals surface area (Å²) in [6, 6.07) is 9.13. The summed E-state index contributed by atoms with van der Waals surface area (Å²) in [5.74, 6) is 1.61. The topological polar surface area (TPSA) is 51.7 Å². The van der Waals surface area contributed by atoms with Crippen LogP contribution in [-0.2, 0) is 6.61 Å². The lowest BCUT2D eigenvalue weighted by Crippen LogP contribution is -2.30. The Kier molecular flexibility index (Phi) is 6.81. The molecule has 5 nitrogen and oxygen atoms in total. The summed E-state index contributed by atoms with van der Waals surface area (Å²) >= 11 is 0. The second kappa shape index (κ2) is 9.06. The number of rotatable bonds is 8. The van der Waals surface area contributed by atoms with Crippen LogP contribution in [0, 0.1) is 5.92 Å². The highest BCUT2D eigenvalue weighted by molar-refractivity contribution is 5.94. The quantitative estimate of drug-likeness (QED) is 0.732. The Balaban J connectivity index is 2.14. The van der Waals surface area contributed by atoms with Crippen molar-refractivity contribution in [2.24, 2.45) is 5.92 Å². The normalized spacial score (nSPS) is 10.6. The maximum Gasteiger partial charge on any atom is 0.253 e. The van der Waals surface area contributed by atoms with Crippen molar-refractivity contribution in [2.75, 3.05) is 20.2 Å². The van der Waals surface area contributed by atoms with Gasteiger partial charge in [-0.05, 0) is 48.7 Å². The first-order chi connectivity index (χ1) is 12.0. The number of aromatic nitrogens is 1. The van der Waals surface area contributed by atoms with Gasteiger partial charge in [-0.15, -0.1) is 0 Å². The lowest BCUT2D eigenvalue weighted by Gasteiger charge is -2.20. The van der Waals surface area contributed by atoms with Crippen molar-refractivity contribution in [3.63, 3.8) is 0 Å². The van der Waals surface area contributed by atoms with Gasteiger partial charge in [-0.2, -0.15) is 0 Å². The first kappa shape index (κ1) is 18.8. The van der Waals surface area contributed by atoms with Crippen molar-refractivity contribution >= 4 is 5.91 Å². The van der Waals surface area contributed by atoms with Crippen LogP contribution in [0.3, 0.4) is 0 Å². The Hall–Kier alpha value is -2.56. The van der Waals surface area contributed by atoms with Gasteiger partial charge in [0, 0.05) is 31.5 Å². The van der Waals surface area contributed by atoms with Crippen molar-refractivity contribution in [3.8, 4) is 11.5 Å². The molecule has 0 saturated heterocycles. The smallest absolute Gasteiger partial charge is 0.253 e. The third-order valence-corrected chi connectivity index (χ3v) is 3.62. The van der Waals surface area contributed by atoms with Gasteiger partial charge in [0.25, 0.3) is 5.91 Å². The third kappa shape index (κ3) is 5.48. The molecule has 0 aliphatic heterocycles. The maximum atomic E-state index is 12.5. The van der Waals surface area contributed by atoms with Crippen LogP contribution in [0.15, 0.2) is 42.7 Å². The molecule has 0 spiro atoms. The summed E-state index contributed by atoms with van der Waals surface area (Å²) in [6.07, 6.45) is 3.46. The van der Waals surface area contributed by atoms with Crippen LogP contribution < -0.4 is 9.47 Å². The van der Waals surface area contributed by atoms with E-state index in [0.29, 0.717) is 42.7 Å². The molecule has 0 N–H and O–H groups in total. The van der Waals surface area contributed by atoms with Gasteiger partial charge in [0.1, 0.15) is 6.61 Å². The third-order valence-electron chi connectivity index (χ3n) is 3.62. The Bertz CT molecular complexity index is 687. The van der Waals surface area contributed by atoms with E-state index >= 15 is 0 Å². The lowest BCUT2D eigenvalue weighted by atomic mass is 10.1. The van der Waals surface area contributed by atoms with Gasteiger partial charge in [-0.3, -0.25) is 9.78 Å². The standard InChI is InChI=1S/C20H26N2O3/c1-5-24-19-12-17(20(23)22(4)13-15(2)3)6-7-18(19)25-14-16-8-10-21-11-9-16/h6-12,15H,5,13-14H2,1-4H3. The second-order valence-corrected chi connectivity index (χ2v) is 6.32. The molecule has 2 rings (SSSR count). The zero-order valence-corrected chi connectivity index (χ0v) is 15.4. The molecule has 0 saturated carbocycles. The van der Waals surface area contributed by atoms with E-state index in [4.69, 9.17) is 9.47 Å². The fourth-order valence-corrected chi connectivity index (χ4v) is 2.52. The van der Waals surface area contributed by atoms with Crippen molar-refractivity contribution in [3.05, 3.63) is 53.9 Å². The largest absolute Gasteiger partial charge is 0.490 e. The van der Waals surface area contributed by atoms with E-state index in [2.05, 4.69) is 18.8 Å². The average Bonchev–Trinajstić information content (AvgIpc) is 2.60. The molecule has 0 aliphatic rings. The molecule has 1 aromatic carbocycles. The van der Waals surface area contributed by atoms with Gasteiger partial charge in [0.2, 0.25) is 0 Å². The van der Waals surface area contributed by atoms with Crippen LogP contribution >= 0.6 is 0 Å². The van der Waals surface area contributed by atoms with Crippen LogP contribution in [0.5, 0.6) is 11.5 Å². The van der Waals surface area contributed by atoms with Gasteiger partial charge in [0.05, 0.1) is 6.61 Å². The van der Waals surface area contributed by atoms with Gasteiger partial charge in [-0.25, -0.2) is 0 Å². The Labute approximate surface area is 149 Å². The molecule has 2 aromatic rings. The highest BCUT2D eigenvalue weighted by Crippen LogP contribution is 2.29. The summed E-state index contributed by atoms with van der Waals surface area (Å²) in [4.78, 5) is 18.3. The van der Waals surface area contributed by atoms with Crippen molar-refractivity contribution in [1.82, 2.24) is 9.88 Å². The number of ether oxygens (including phenoxy) is 2. The monoisotopic (exact) mass is 342 g/mol. The minimum atomic E-state index is -0.0182. The molecule has 0 bridgehead atoms. The summed E-state index contributed by atoms with van der Waals surface area (Å²) in [5, 5.41) is 0. The number of pyridine rings is 1. The molecule has 25 heavy (non-hydrogen) atoms. The highest BCUT2D eigenvalue weighted by atomic mass is 16.5. The summed E-state index contributed by atoms with van der Waals surface area (Å²) < 4.78 is 11.5. The molecule has 0 fully saturated rings. The highest BCUT2D eigenvalue weighted by Gasteiger charge is 2.16. The fourth-order valence-electron chi connectivity index (χ4n) is 2.52. The molecule has 1 aromatic heterocycles. The minimum Gasteiger partial charge on any atom is -0.490 e. The molecule has 0 aliphatic carbocycles. The summed E-state index contributed by atoms with van der Waals surface area (Å²) in [7, 11) is 1.82. The van der Waals surface area contributed by atoms with Gasteiger partial charge >= 0.3 is 0 Å². The average molecular weight is 342 g/mol. The number of carbonyl (C=O) groups excluding carboxylic acids is 1. The van der Waals surface area contributed by atoms with Crippen LogP contribution in [0.4, 0.5) is 0 Å². The SMILES string of the molecule is CCOc1cc(C(=O)N(C)CC(C)C)ccc1OCc1ccncc1. The Morgan fingerprint density at radius 3 is 2.48 bits per heavy atom. The molecule has 5 heteroatoms. The Morgan fingerprint density at radius 2 is 1.84 bits per heavy atom. The molecule has 0 atom stereocenters. The molecule has 134 valence electrons. The van der Waals surface area contributed by atoms with Crippen molar-refractivity contribution in [1.29, 1.82) is 0 Å². The number of hydrogen-bond donors (Lipinski definition) is 0. The summed E-state index contributed by atoms with van der Waals surface area (Å²) in [5.41, 5.74) is 1.62. The molecule has 1 heterocycles. The number of benzene rings is 1. The van der Waals surface area contributed by atoms with Crippen molar-refractivity contribution in [2.45, 2.75) is 27.4 Å². The number of nitrogens with zero attached hydrogens (tertiary/aromatic N) is 2. The van der Waals surface area contributed by atoms with E-state index in [1.807, 2.05) is 26.1 Å². The maximum absolute atomic E-state index is 12.5. The predicted molar refractivity (Wildman–Crippen MR) is 98.0 cm³/mol. The lowest BCUT2D eigenvalue weighted by molar-refractivity contribution is 0.0778. The van der Waals surface area contributed by atoms with Gasteiger partial charge < -0.3 is 14.4 Å². The molecule has 0 unspecified atom stereocenters. The Morgan fingerprint density at radius 1 is 1.12 bits per heavy atom. The van der Waals surface area contributed by atoms with Crippen LogP contribution in [0.1, 0.15) is 36.7 Å².